The van der Waals surface area contributed by atoms with Crippen molar-refractivity contribution in [1.82, 2.24) is 14.5 Å². The fourth-order valence-corrected chi connectivity index (χ4v) is 3.92. The zero-order chi connectivity index (χ0) is 15.5. The lowest BCUT2D eigenvalue weighted by Gasteiger charge is -2.37. The molecule has 0 unspecified atom stereocenters. The molecule has 0 radical (unpaired) electrons. The summed E-state index contributed by atoms with van der Waals surface area (Å²) >= 11 is 1.45. The number of hydrogen-bond donors (Lipinski definition) is 0. The zero-order valence-corrected chi connectivity index (χ0v) is 13.8. The van der Waals surface area contributed by atoms with Crippen LogP contribution < -0.4 is 0 Å². The second kappa shape index (κ2) is 6.62. The number of ether oxygens (including phenoxy) is 1. The lowest BCUT2D eigenvalue weighted by Crippen LogP contribution is -2.40. The van der Waals surface area contributed by atoms with E-state index >= 15 is 0 Å². The van der Waals surface area contributed by atoms with Crippen molar-refractivity contribution in [2.24, 2.45) is 5.92 Å². The van der Waals surface area contributed by atoms with Crippen molar-refractivity contribution in [3.8, 4) is 0 Å². The average molecular weight is 319 g/mol. The van der Waals surface area contributed by atoms with Gasteiger partial charge in [0, 0.05) is 31.5 Å². The van der Waals surface area contributed by atoms with Crippen LogP contribution in [0.15, 0.2) is 30.2 Å². The number of imidazole rings is 1. The van der Waals surface area contributed by atoms with Gasteiger partial charge in [-0.05, 0) is 35.9 Å². The number of thiophene rings is 1. The molecular formula is C16H21N3O2S. The van der Waals surface area contributed by atoms with Gasteiger partial charge in [-0.15, -0.1) is 11.3 Å². The predicted octanol–water partition coefficient (Wildman–Crippen LogP) is 2.81. The second-order valence-corrected chi connectivity index (χ2v) is 6.76. The first-order chi connectivity index (χ1) is 10.7. The molecule has 1 aliphatic heterocycles. The van der Waals surface area contributed by atoms with Gasteiger partial charge in [-0.25, -0.2) is 9.78 Å². The molecule has 22 heavy (non-hydrogen) atoms. The minimum atomic E-state index is -0.235. The second-order valence-electron chi connectivity index (χ2n) is 5.84. The molecule has 1 saturated heterocycles. The van der Waals surface area contributed by atoms with Crippen molar-refractivity contribution in [3.63, 3.8) is 0 Å². The number of esters is 1. The molecule has 2 aromatic rings. The first-order valence-electron chi connectivity index (χ1n) is 7.53. The maximum absolute atomic E-state index is 11.8. The molecule has 0 saturated carbocycles. The molecule has 0 aliphatic carbocycles. The summed E-state index contributed by atoms with van der Waals surface area (Å²) in [4.78, 5) is 19.1. The first kappa shape index (κ1) is 15.2. The van der Waals surface area contributed by atoms with Crippen LogP contribution in [0.2, 0.25) is 0 Å². The molecule has 0 N–H and O–H groups in total. The van der Waals surface area contributed by atoms with E-state index in [0.717, 1.165) is 36.5 Å². The smallest absolute Gasteiger partial charge is 0.348 e. The molecule has 1 aliphatic rings. The van der Waals surface area contributed by atoms with E-state index in [0.29, 0.717) is 12.0 Å². The molecule has 5 nitrogen and oxygen atoms in total. The number of hydrogen-bond acceptors (Lipinski definition) is 5. The molecule has 0 amide bonds. The summed E-state index contributed by atoms with van der Waals surface area (Å²) in [5.41, 5.74) is 1.07. The third-order valence-electron chi connectivity index (χ3n) is 4.42. The van der Waals surface area contributed by atoms with Gasteiger partial charge in [0.25, 0.3) is 0 Å². The average Bonchev–Trinajstić information content (AvgIpc) is 3.20. The highest BCUT2D eigenvalue weighted by atomic mass is 32.1. The third-order valence-corrected chi connectivity index (χ3v) is 5.36. The van der Waals surface area contributed by atoms with Crippen LogP contribution in [0.5, 0.6) is 0 Å². The number of rotatable bonds is 4. The highest BCUT2D eigenvalue weighted by Gasteiger charge is 2.28. The Morgan fingerprint density at radius 1 is 1.55 bits per heavy atom. The number of carbonyl (C=O) groups is 1. The number of aromatic nitrogens is 2. The fourth-order valence-electron chi connectivity index (χ4n) is 3.08. The first-order valence-corrected chi connectivity index (χ1v) is 8.41. The van der Waals surface area contributed by atoms with Crippen molar-refractivity contribution in [2.75, 3.05) is 20.2 Å². The quantitative estimate of drug-likeness (QED) is 0.813. The van der Waals surface area contributed by atoms with Gasteiger partial charge < -0.3 is 9.30 Å². The fraction of sp³-hybridized carbons (Fsp3) is 0.500. The third kappa shape index (κ3) is 3.08. The van der Waals surface area contributed by atoms with Crippen LogP contribution in [0.25, 0.3) is 0 Å². The van der Waals surface area contributed by atoms with Crippen molar-refractivity contribution in [2.45, 2.75) is 25.9 Å². The Labute approximate surface area is 134 Å². The van der Waals surface area contributed by atoms with Crippen molar-refractivity contribution in [3.05, 3.63) is 40.6 Å². The zero-order valence-electron chi connectivity index (χ0n) is 12.9. The Morgan fingerprint density at radius 3 is 3.14 bits per heavy atom. The van der Waals surface area contributed by atoms with E-state index in [4.69, 9.17) is 4.74 Å². The van der Waals surface area contributed by atoms with Crippen LogP contribution in [-0.4, -0.2) is 40.6 Å². The van der Waals surface area contributed by atoms with E-state index in [1.165, 1.54) is 18.4 Å². The Kier molecular flexibility index (Phi) is 4.59. The van der Waals surface area contributed by atoms with Crippen molar-refractivity contribution < 1.29 is 9.53 Å². The van der Waals surface area contributed by atoms with Gasteiger partial charge in [-0.1, -0.05) is 6.92 Å². The largest absolute Gasteiger partial charge is 0.465 e. The van der Waals surface area contributed by atoms with E-state index in [1.807, 2.05) is 30.2 Å². The molecule has 3 heterocycles. The monoisotopic (exact) mass is 319 g/mol. The molecule has 1 fully saturated rings. The molecule has 2 atom stereocenters. The van der Waals surface area contributed by atoms with Crippen LogP contribution >= 0.6 is 11.3 Å². The number of likely N-dealkylation sites (tertiary alicyclic amines) is 1. The number of methoxy groups -OCH3 is 1. The van der Waals surface area contributed by atoms with Crippen LogP contribution in [0.1, 0.15) is 34.6 Å². The highest BCUT2D eigenvalue weighted by molar-refractivity contribution is 7.12. The van der Waals surface area contributed by atoms with Crippen LogP contribution in [0, 0.1) is 5.92 Å². The van der Waals surface area contributed by atoms with E-state index in [9.17, 15) is 4.79 Å². The standard InChI is InChI=1S/C16H21N3O2S/c1-12-3-6-18(10-14(12)19-7-5-17-11-19)9-13-4-8-22-15(13)16(20)21-2/h4-5,7-8,11-12,14H,3,6,9-10H2,1-2H3/t12-,14+/m1/s1. The molecule has 118 valence electrons. The molecular weight excluding hydrogens is 298 g/mol. The van der Waals surface area contributed by atoms with Gasteiger partial charge >= 0.3 is 5.97 Å². The van der Waals surface area contributed by atoms with Crippen LogP contribution in [-0.2, 0) is 11.3 Å². The van der Waals surface area contributed by atoms with Gasteiger partial charge in [-0.3, -0.25) is 4.90 Å². The van der Waals surface area contributed by atoms with E-state index in [2.05, 4.69) is 21.4 Å². The molecule has 3 rings (SSSR count). The summed E-state index contributed by atoms with van der Waals surface area (Å²) in [6.45, 7) is 5.13. The Hall–Kier alpha value is -1.66. The molecule has 0 aromatic carbocycles. The molecule has 0 bridgehead atoms. The van der Waals surface area contributed by atoms with Crippen molar-refractivity contribution in [1.29, 1.82) is 0 Å². The summed E-state index contributed by atoms with van der Waals surface area (Å²) < 4.78 is 7.06. The maximum atomic E-state index is 11.8. The summed E-state index contributed by atoms with van der Waals surface area (Å²) in [6.07, 6.45) is 6.92. The molecule has 6 heteroatoms. The normalized spacial score (nSPS) is 22.6. The lowest BCUT2D eigenvalue weighted by atomic mass is 9.93. The highest BCUT2D eigenvalue weighted by Crippen LogP contribution is 2.29. The van der Waals surface area contributed by atoms with Gasteiger partial charge in [0.1, 0.15) is 4.88 Å². The molecule has 0 spiro atoms. The van der Waals surface area contributed by atoms with Gasteiger partial charge in [-0.2, -0.15) is 0 Å². The maximum Gasteiger partial charge on any atom is 0.348 e. The summed E-state index contributed by atoms with van der Waals surface area (Å²) in [5.74, 6) is 0.398. The SMILES string of the molecule is COC(=O)c1sccc1CN1CC[C@@H](C)[C@@H](n2ccnc2)C1. The van der Waals surface area contributed by atoms with E-state index in [1.54, 1.807) is 0 Å². The van der Waals surface area contributed by atoms with E-state index in [-0.39, 0.29) is 5.97 Å². The van der Waals surface area contributed by atoms with Crippen LogP contribution in [0.4, 0.5) is 0 Å². The number of piperidine rings is 1. The minimum Gasteiger partial charge on any atom is -0.465 e. The predicted molar refractivity (Wildman–Crippen MR) is 86.0 cm³/mol. The van der Waals surface area contributed by atoms with Gasteiger partial charge in [0.15, 0.2) is 0 Å². The van der Waals surface area contributed by atoms with Gasteiger partial charge in [0.05, 0.1) is 13.4 Å². The van der Waals surface area contributed by atoms with Crippen molar-refractivity contribution >= 4 is 17.3 Å². The Bertz CT molecular complexity index is 623. The Balaban J connectivity index is 1.71. The number of carbonyl (C=O) groups excluding carboxylic acids is 1. The number of nitrogens with zero attached hydrogens (tertiary/aromatic N) is 3. The van der Waals surface area contributed by atoms with E-state index < -0.39 is 0 Å². The molecule has 2 aromatic heterocycles. The summed E-state index contributed by atoms with van der Waals surface area (Å²) in [7, 11) is 1.43. The van der Waals surface area contributed by atoms with Crippen LogP contribution in [0.3, 0.4) is 0 Å². The minimum absolute atomic E-state index is 0.235. The summed E-state index contributed by atoms with van der Waals surface area (Å²) in [6, 6.07) is 2.47. The lowest BCUT2D eigenvalue weighted by molar-refractivity contribution is 0.0602. The summed E-state index contributed by atoms with van der Waals surface area (Å²) in [5, 5.41) is 1.96. The van der Waals surface area contributed by atoms with Gasteiger partial charge in [0.2, 0.25) is 0 Å². The Morgan fingerprint density at radius 2 is 2.41 bits per heavy atom. The topological polar surface area (TPSA) is 47.4 Å².